The summed E-state index contributed by atoms with van der Waals surface area (Å²) in [5.74, 6) is 0.0959. The molecule has 2 atom stereocenters. The molecule has 0 saturated heterocycles. The number of nitrogen functional groups attached to an aromatic ring is 1. The van der Waals surface area contributed by atoms with Gasteiger partial charge in [0.15, 0.2) is 0 Å². The first kappa shape index (κ1) is 18.0. The lowest BCUT2D eigenvalue weighted by atomic mass is 9.80. The van der Waals surface area contributed by atoms with Crippen LogP contribution in [-0.2, 0) is 4.74 Å². The number of nitro benzene ring substituents is 1. The minimum Gasteiger partial charge on any atom is -0.444 e. The predicted octanol–water partition coefficient (Wildman–Crippen LogP) is 3.73. The molecule has 0 radical (unpaired) electrons. The number of hydrogen-bond acceptors (Lipinski definition) is 5. The third-order valence-electron chi connectivity index (χ3n) is 4.12. The van der Waals surface area contributed by atoms with Crippen molar-refractivity contribution in [1.82, 2.24) is 5.32 Å². The number of nitrogens with zero attached hydrogens (tertiary/aromatic N) is 1. The van der Waals surface area contributed by atoms with Crippen LogP contribution in [0.25, 0.3) is 0 Å². The summed E-state index contributed by atoms with van der Waals surface area (Å²) in [4.78, 5) is 22.5. The maximum Gasteiger partial charge on any atom is 0.407 e. The van der Waals surface area contributed by atoms with Gasteiger partial charge in [-0.1, -0.05) is 6.42 Å². The molecule has 1 aliphatic carbocycles. The van der Waals surface area contributed by atoms with Crippen LogP contribution >= 0.6 is 0 Å². The fraction of sp³-hybridized carbons (Fsp3) is 0.588. The van der Waals surface area contributed by atoms with Crippen molar-refractivity contribution >= 4 is 17.5 Å². The minimum absolute atomic E-state index is 0.0164. The summed E-state index contributed by atoms with van der Waals surface area (Å²) in [7, 11) is 0. The second-order valence-corrected chi connectivity index (χ2v) is 7.28. The van der Waals surface area contributed by atoms with Crippen LogP contribution in [0.3, 0.4) is 0 Å². The number of ether oxygens (including phenoxy) is 1. The van der Waals surface area contributed by atoms with E-state index in [0.717, 1.165) is 24.8 Å². The lowest BCUT2D eigenvalue weighted by Gasteiger charge is -2.31. The summed E-state index contributed by atoms with van der Waals surface area (Å²) in [5.41, 5.74) is 6.87. The van der Waals surface area contributed by atoms with Crippen LogP contribution in [-0.4, -0.2) is 22.7 Å². The number of amides is 1. The van der Waals surface area contributed by atoms with Gasteiger partial charge in [0.1, 0.15) is 5.60 Å². The van der Waals surface area contributed by atoms with Gasteiger partial charge < -0.3 is 15.8 Å². The van der Waals surface area contributed by atoms with E-state index in [2.05, 4.69) is 5.32 Å². The maximum absolute atomic E-state index is 11.9. The number of rotatable bonds is 3. The molecule has 7 nitrogen and oxygen atoms in total. The summed E-state index contributed by atoms with van der Waals surface area (Å²) in [6.07, 6.45) is 2.96. The normalized spacial score (nSPS) is 21.1. The molecule has 1 saturated carbocycles. The fourth-order valence-electron chi connectivity index (χ4n) is 3.11. The van der Waals surface area contributed by atoms with E-state index in [1.54, 1.807) is 12.1 Å². The second-order valence-electron chi connectivity index (χ2n) is 7.28. The van der Waals surface area contributed by atoms with Gasteiger partial charge >= 0.3 is 6.09 Å². The monoisotopic (exact) mass is 335 g/mol. The number of nitro groups is 1. The van der Waals surface area contributed by atoms with Gasteiger partial charge in [-0.25, -0.2) is 4.79 Å². The van der Waals surface area contributed by atoms with Crippen LogP contribution in [0.1, 0.15) is 57.9 Å². The van der Waals surface area contributed by atoms with E-state index in [1.807, 2.05) is 20.8 Å². The molecule has 3 N–H and O–H groups in total. The minimum atomic E-state index is -0.539. The summed E-state index contributed by atoms with van der Waals surface area (Å²) in [6, 6.07) is 4.53. The zero-order valence-electron chi connectivity index (χ0n) is 14.4. The highest BCUT2D eigenvalue weighted by atomic mass is 16.6. The Balaban J connectivity index is 2.07. The molecule has 0 bridgehead atoms. The van der Waals surface area contributed by atoms with E-state index in [-0.39, 0.29) is 17.6 Å². The number of carbonyl (C=O) groups is 1. The van der Waals surface area contributed by atoms with Crippen LogP contribution in [0.4, 0.5) is 16.2 Å². The molecule has 0 spiro atoms. The van der Waals surface area contributed by atoms with Gasteiger partial charge in [-0.2, -0.15) is 0 Å². The first-order valence-corrected chi connectivity index (χ1v) is 8.19. The molecule has 24 heavy (non-hydrogen) atoms. The highest BCUT2D eigenvalue weighted by Crippen LogP contribution is 2.37. The van der Waals surface area contributed by atoms with Gasteiger partial charge in [0.05, 0.1) is 4.92 Å². The van der Waals surface area contributed by atoms with E-state index in [1.165, 1.54) is 6.07 Å². The van der Waals surface area contributed by atoms with Gasteiger partial charge in [0.25, 0.3) is 5.69 Å². The average Bonchev–Trinajstić information content (AvgIpc) is 2.45. The Kier molecular flexibility index (Phi) is 5.31. The van der Waals surface area contributed by atoms with Crippen LogP contribution in [0, 0.1) is 10.1 Å². The van der Waals surface area contributed by atoms with Crippen molar-refractivity contribution < 1.29 is 14.5 Å². The van der Waals surface area contributed by atoms with Crippen molar-refractivity contribution in [1.29, 1.82) is 0 Å². The molecule has 0 aliphatic heterocycles. The zero-order chi connectivity index (χ0) is 17.9. The van der Waals surface area contributed by atoms with E-state index in [4.69, 9.17) is 10.5 Å². The summed E-state index contributed by atoms with van der Waals surface area (Å²) >= 11 is 0. The molecule has 0 heterocycles. The quantitative estimate of drug-likeness (QED) is 0.497. The van der Waals surface area contributed by atoms with Gasteiger partial charge in [-0.3, -0.25) is 10.1 Å². The lowest BCUT2D eigenvalue weighted by Crippen LogP contribution is -2.41. The Morgan fingerprint density at radius 1 is 1.38 bits per heavy atom. The van der Waals surface area contributed by atoms with Gasteiger partial charge in [0.2, 0.25) is 0 Å². The highest BCUT2D eigenvalue weighted by molar-refractivity contribution is 5.68. The van der Waals surface area contributed by atoms with Crippen LogP contribution in [0.2, 0.25) is 0 Å². The third kappa shape index (κ3) is 4.84. The zero-order valence-corrected chi connectivity index (χ0v) is 14.4. The van der Waals surface area contributed by atoms with E-state index >= 15 is 0 Å². The van der Waals surface area contributed by atoms with Gasteiger partial charge in [-0.05, 0) is 57.6 Å². The number of hydrogen-bond donors (Lipinski definition) is 2. The predicted molar refractivity (Wildman–Crippen MR) is 91.9 cm³/mol. The number of nitrogens with one attached hydrogen (secondary N) is 1. The molecule has 7 heteroatoms. The molecule has 1 aliphatic rings. The lowest BCUT2D eigenvalue weighted by molar-refractivity contribution is -0.384. The number of non-ortho nitro benzene ring substituents is 1. The summed E-state index contributed by atoms with van der Waals surface area (Å²) < 4.78 is 5.29. The summed E-state index contributed by atoms with van der Waals surface area (Å²) in [6.45, 7) is 5.46. The topological polar surface area (TPSA) is 107 Å². The van der Waals surface area contributed by atoms with Crippen LogP contribution < -0.4 is 11.1 Å². The SMILES string of the molecule is CC(C)(C)OC(=O)N[C@H]1CCC[C@H](c2cc([N+](=O)[O-])ccc2N)C1. The average molecular weight is 335 g/mol. The first-order valence-electron chi connectivity index (χ1n) is 8.19. The van der Waals surface area contributed by atoms with Gasteiger partial charge in [-0.15, -0.1) is 0 Å². The van der Waals surface area contributed by atoms with Gasteiger partial charge in [0, 0.05) is 23.9 Å². The maximum atomic E-state index is 11.9. The molecule has 0 aromatic heterocycles. The Labute approximate surface area is 141 Å². The standard InChI is InChI=1S/C17H25N3O4/c1-17(2,3)24-16(21)19-12-6-4-5-11(9-12)14-10-13(20(22)23)7-8-15(14)18/h7-8,10-12H,4-6,9,18H2,1-3H3,(H,19,21)/t11-,12-/m0/s1. The molecule has 1 aromatic rings. The van der Waals surface area contributed by atoms with Crippen molar-refractivity contribution in [2.75, 3.05) is 5.73 Å². The largest absolute Gasteiger partial charge is 0.444 e. The number of carbonyl (C=O) groups excluding carboxylic acids is 1. The third-order valence-corrected chi connectivity index (χ3v) is 4.12. The molecule has 1 aromatic carbocycles. The molecule has 1 fully saturated rings. The summed E-state index contributed by atoms with van der Waals surface area (Å²) in [5, 5.41) is 13.9. The highest BCUT2D eigenvalue weighted by Gasteiger charge is 2.28. The Morgan fingerprint density at radius 3 is 2.71 bits per heavy atom. The van der Waals surface area contributed by atoms with Crippen molar-refractivity contribution in [2.24, 2.45) is 0 Å². The Bertz CT molecular complexity index is 625. The van der Waals surface area contributed by atoms with E-state index in [9.17, 15) is 14.9 Å². The van der Waals surface area contributed by atoms with E-state index < -0.39 is 16.6 Å². The second kappa shape index (κ2) is 7.07. The van der Waals surface area contributed by atoms with Crippen molar-refractivity contribution in [3.05, 3.63) is 33.9 Å². The molecule has 132 valence electrons. The molecule has 0 unspecified atom stereocenters. The number of nitrogens with two attached hydrogens (primary N) is 1. The molecule has 1 amide bonds. The fourth-order valence-corrected chi connectivity index (χ4v) is 3.11. The van der Waals surface area contributed by atoms with Crippen molar-refractivity contribution in [3.63, 3.8) is 0 Å². The van der Waals surface area contributed by atoms with Crippen LogP contribution in [0.5, 0.6) is 0 Å². The number of anilines is 1. The smallest absolute Gasteiger partial charge is 0.407 e. The number of benzene rings is 1. The molecular weight excluding hydrogens is 310 g/mol. The van der Waals surface area contributed by atoms with Crippen molar-refractivity contribution in [3.8, 4) is 0 Å². The van der Waals surface area contributed by atoms with E-state index in [0.29, 0.717) is 12.1 Å². The van der Waals surface area contributed by atoms with Crippen molar-refractivity contribution in [2.45, 2.75) is 64.0 Å². The molecular formula is C17H25N3O4. The Hall–Kier alpha value is -2.31. The molecule has 2 rings (SSSR count). The van der Waals surface area contributed by atoms with Crippen LogP contribution in [0.15, 0.2) is 18.2 Å². The Morgan fingerprint density at radius 2 is 2.08 bits per heavy atom. The first-order chi connectivity index (χ1) is 11.2. The number of alkyl carbamates (subject to hydrolysis) is 1.